The number of urea groups is 1. The Morgan fingerprint density at radius 3 is 2.96 bits per heavy atom. The van der Waals surface area contributed by atoms with Gasteiger partial charge in [0.2, 0.25) is 0 Å². The molecule has 0 aromatic carbocycles. The van der Waals surface area contributed by atoms with Crippen molar-refractivity contribution in [2.75, 3.05) is 31.2 Å². The van der Waals surface area contributed by atoms with Crippen LogP contribution in [0.2, 0.25) is 0 Å². The number of rotatable bonds is 4. The molecule has 1 saturated heterocycles. The highest BCUT2D eigenvalue weighted by Gasteiger charge is 2.24. The molecule has 3 heterocycles. The Kier molecular flexibility index (Phi) is 6.18. The number of nitrogen functional groups attached to an aromatic ring is 1. The molecule has 0 unspecified atom stereocenters. The van der Waals surface area contributed by atoms with Crippen LogP contribution in [0.25, 0.3) is 0 Å². The van der Waals surface area contributed by atoms with Crippen LogP contribution in [0, 0.1) is 6.92 Å². The quantitative estimate of drug-likeness (QED) is 0.857. The van der Waals surface area contributed by atoms with Crippen molar-refractivity contribution in [1.82, 2.24) is 24.8 Å². The van der Waals surface area contributed by atoms with Gasteiger partial charge in [0.05, 0.1) is 18.4 Å². The number of aromatic nitrogens is 3. The van der Waals surface area contributed by atoms with E-state index in [-0.39, 0.29) is 6.03 Å². The smallest absolute Gasteiger partial charge is 0.321 e. The summed E-state index contributed by atoms with van der Waals surface area (Å²) in [5, 5.41) is 2.97. The molecule has 0 bridgehead atoms. The lowest BCUT2D eigenvalue weighted by Crippen LogP contribution is -2.37. The average Bonchev–Trinajstić information content (AvgIpc) is 2.90. The van der Waals surface area contributed by atoms with Gasteiger partial charge in [0.15, 0.2) is 0 Å². The Labute approximate surface area is 159 Å². The van der Waals surface area contributed by atoms with Crippen LogP contribution >= 0.6 is 0 Å². The number of pyridine rings is 1. The molecule has 27 heavy (non-hydrogen) atoms. The Hall–Kier alpha value is -2.74. The fraction of sp³-hybridized carbons (Fsp3) is 0.474. The molecule has 2 aromatic heterocycles. The van der Waals surface area contributed by atoms with Crippen molar-refractivity contribution >= 4 is 17.5 Å². The van der Waals surface area contributed by atoms with E-state index in [4.69, 9.17) is 5.73 Å². The number of aryl methyl sites for hydroxylation is 1. The highest BCUT2D eigenvalue weighted by Crippen LogP contribution is 2.19. The Balaban J connectivity index is 1.55. The number of nitrogens with two attached hydrogens (primary N) is 1. The molecule has 1 fully saturated rings. The van der Waals surface area contributed by atoms with Gasteiger partial charge in [-0.15, -0.1) is 0 Å². The third-order valence-corrected chi connectivity index (χ3v) is 5.01. The number of hydrogen-bond donors (Lipinski definition) is 2. The lowest BCUT2D eigenvalue weighted by molar-refractivity contribution is 0.199. The SMILES string of the molecule is Cc1ccncc1NC(=O)N1CCC[C@H](N(C)Cc2nccc(N)n2)CC1. The van der Waals surface area contributed by atoms with Crippen molar-refractivity contribution in [1.29, 1.82) is 0 Å². The van der Waals surface area contributed by atoms with E-state index >= 15 is 0 Å². The first kappa shape index (κ1) is 19.0. The monoisotopic (exact) mass is 369 g/mol. The van der Waals surface area contributed by atoms with Crippen molar-refractivity contribution in [3.05, 3.63) is 42.1 Å². The Morgan fingerprint density at radius 2 is 2.19 bits per heavy atom. The van der Waals surface area contributed by atoms with Crippen molar-refractivity contribution < 1.29 is 4.79 Å². The highest BCUT2D eigenvalue weighted by molar-refractivity contribution is 5.89. The number of nitrogens with one attached hydrogen (secondary N) is 1. The molecule has 1 aliphatic heterocycles. The van der Waals surface area contributed by atoms with Gasteiger partial charge < -0.3 is 16.0 Å². The third-order valence-electron chi connectivity index (χ3n) is 5.01. The normalized spacial score (nSPS) is 17.6. The van der Waals surface area contributed by atoms with E-state index in [1.165, 1.54) is 0 Å². The van der Waals surface area contributed by atoms with E-state index < -0.39 is 0 Å². The highest BCUT2D eigenvalue weighted by atomic mass is 16.2. The zero-order valence-corrected chi connectivity index (χ0v) is 15.9. The first-order chi connectivity index (χ1) is 13.0. The van der Waals surface area contributed by atoms with E-state index in [1.807, 2.05) is 17.9 Å². The number of carbonyl (C=O) groups excluding carboxylic acids is 1. The van der Waals surface area contributed by atoms with Crippen LogP contribution in [0.4, 0.5) is 16.3 Å². The van der Waals surface area contributed by atoms with Crippen molar-refractivity contribution in [2.24, 2.45) is 0 Å². The average molecular weight is 369 g/mol. The molecule has 0 aliphatic carbocycles. The number of amides is 2. The summed E-state index contributed by atoms with van der Waals surface area (Å²) in [6.07, 6.45) is 8.01. The van der Waals surface area contributed by atoms with E-state index in [1.54, 1.807) is 24.7 Å². The van der Waals surface area contributed by atoms with Crippen molar-refractivity contribution in [3.8, 4) is 0 Å². The Morgan fingerprint density at radius 1 is 1.33 bits per heavy atom. The summed E-state index contributed by atoms with van der Waals surface area (Å²) in [4.78, 5) is 29.4. The minimum Gasteiger partial charge on any atom is -0.384 e. The summed E-state index contributed by atoms with van der Waals surface area (Å²) in [5.74, 6) is 1.21. The molecule has 3 N–H and O–H groups in total. The molecule has 2 aromatic rings. The van der Waals surface area contributed by atoms with E-state index in [0.29, 0.717) is 18.4 Å². The fourth-order valence-corrected chi connectivity index (χ4v) is 3.35. The Bertz CT molecular complexity index is 782. The molecule has 8 heteroatoms. The molecule has 1 aliphatic rings. The third kappa shape index (κ3) is 5.13. The van der Waals surface area contributed by atoms with E-state index in [2.05, 4.69) is 32.2 Å². The van der Waals surface area contributed by atoms with Gasteiger partial charge in [0.25, 0.3) is 0 Å². The van der Waals surface area contributed by atoms with E-state index in [0.717, 1.165) is 49.4 Å². The van der Waals surface area contributed by atoms with Crippen molar-refractivity contribution in [3.63, 3.8) is 0 Å². The van der Waals surface area contributed by atoms with Gasteiger partial charge in [-0.25, -0.2) is 14.8 Å². The molecule has 0 spiro atoms. The molecule has 144 valence electrons. The number of hydrogen-bond acceptors (Lipinski definition) is 6. The summed E-state index contributed by atoms with van der Waals surface area (Å²) in [7, 11) is 2.08. The summed E-state index contributed by atoms with van der Waals surface area (Å²) < 4.78 is 0. The van der Waals surface area contributed by atoms with Crippen molar-refractivity contribution in [2.45, 2.75) is 38.8 Å². The molecule has 8 nitrogen and oxygen atoms in total. The zero-order valence-electron chi connectivity index (χ0n) is 15.9. The van der Waals surface area contributed by atoms with Crippen LogP contribution in [0.3, 0.4) is 0 Å². The number of likely N-dealkylation sites (tertiary alicyclic amines) is 1. The molecule has 0 saturated carbocycles. The lowest BCUT2D eigenvalue weighted by Gasteiger charge is -2.26. The maximum atomic E-state index is 12.6. The maximum Gasteiger partial charge on any atom is 0.321 e. The molecular weight excluding hydrogens is 342 g/mol. The zero-order chi connectivity index (χ0) is 19.2. The van der Waals surface area contributed by atoms with Gasteiger partial charge in [-0.05, 0) is 50.9 Å². The summed E-state index contributed by atoms with van der Waals surface area (Å²) in [6, 6.07) is 3.90. The van der Waals surface area contributed by atoms with Crippen LogP contribution in [-0.4, -0.2) is 57.0 Å². The van der Waals surface area contributed by atoms with Crippen LogP contribution in [0.1, 0.15) is 30.7 Å². The number of nitrogens with zero attached hydrogens (tertiary/aromatic N) is 5. The van der Waals surface area contributed by atoms with Gasteiger partial charge in [-0.2, -0.15) is 0 Å². The minimum atomic E-state index is -0.0615. The summed E-state index contributed by atoms with van der Waals surface area (Å²) in [6.45, 7) is 4.09. The topological polar surface area (TPSA) is 100 Å². The fourth-order valence-electron chi connectivity index (χ4n) is 3.35. The summed E-state index contributed by atoms with van der Waals surface area (Å²) >= 11 is 0. The predicted molar refractivity (Wildman–Crippen MR) is 105 cm³/mol. The molecule has 0 radical (unpaired) electrons. The first-order valence-electron chi connectivity index (χ1n) is 9.27. The van der Waals surface area contributed by atoms with Crippen LogP contribution in [-0.2, 0) is 6.54 Å². The molecule has 1 atom stereocenters. The van der Waals surface area contributed by atoms with Gasteiger partial charge >= 0.3 is 6.03 Å². The number of carbonyl (C=O) groups is 1. The largest absolute Gasteiger partial charge is 0.384 e. The van der Waals surface area contributed by atoms with Crippen LogP contribution < -0.4 is 11.1 Å². The molecular formula is C19H27N7O. The second kappa shape index (κ2) is 8.77. The van der Waals surface area contributed by atoms with Gasteiger partial charge in [0.1, 0.15) is 11.6 Å². The predicted octanol–water partition coefficient (Wildman–Crippen LogP) is 2.28. The standard InChI is InChI=1S/C19H27N7O/c1-14-5-8-21-12-16(14)23-19(27)26-10-3-4-15(7-11-26)25(2)13-18-22-9-6-17(20)24-18/h5-6,8-9,12,15H,3-4,7,10-11,13H2,1-2H3,(H,23,27)(H2,20,22,24)/t15-/m0/s1. The maximum absolute atomic E-state index is 12.6. The van der Waals surface area contributed by atoms with Gasteiger partial charge in [-0.1, -0.05) is 0 Å². The molecule has 2 amide bonds. The lowest BCUT2D eigenvalue weighted by atomic mass is 10.1. The minimum absolute atomic E-state index is 0.0615. The summed E-state index contributed by atoms with van der Waals surface area (Å²) in [5.41, 5.74) is 7.51. The van der Waals surface area contributed by atoms with E-state index in [9.17, 15) is 4.79 Å². The van der Waals surface area contributed by atoms with Gasteiger partial charge in [0, 0.05) is 31.5 Å². The van der Waals surface area contributed by atoms with Crippen LogP contribution in [0.5, 0.6) is 0 Å². The van der Waals surface area contributed by atoms with Gasteiger partial charge in [-0.3, -0.25) is 9.88 Å². The second-order valence-corrected chi connectivity index (χ2v) is 7.01. The number of anilines is 2. The van der Waals surface area contributed by atoms with Crippen LogP contribution in [0.15, 0.2) is 30.7 Å². The second-order valence-electron chi connectivity index (χ2n) is 7.01. The molecule has 3 rings (SSSR count). The first-order valence-corrected chi connectivity index (χ1v) is 9.27.